The van der Waals surface area contributed by atoms with Crippen LogP contribution >= 0.6 is 0 Å². The van der Waals surface area contributed by atoms with Gasteiger partial charge in [0.15, 0.2) is 0 Å². The van der Waals surface area contributed by atoms with Crippen molar-refractivity contribution in [1.29, 1.82) is 5.26 Å². The first-order valence-electron chi connectivity index (χ1n) is 10.8. The van der Waals surface area contributed by atoms with E-state index < -0.39 is 29.4 Å². The molecule has 1 atom stereocenters. The van der Waals surface area contributed by atoms with Crippen molar-refractivity contribution in [3.63, 3.8) is 0 Å². The Morgan fingerprint density at radius 2 is 1.65 bits per heavy atom. The van der Waals surface area contributed by atoms with E-state index in [1.54, 1.807) is 0 Å². The van der Waals surface area contributed by atoms with Crippen molar-refractivity contribution >= 4 is 0 Å². The Balaban J connectivity index is 1.76. The molecular formula is C25H27F4NO. The van der Waals surface area contributed by atoms with Crippen molar-refractivity contribution in [2.45, 2.75) is 70.5 Å². The quantitative estimate of drug-likeness (QED) is 0.419. The molecule has 0 heterocycles. The SMILES string of the molecule is CCCC1CCC(c2cc(F)c(C(F)(F)OC(C)c3ccc(C#N)cc3)c(F)c2)CC1. The molecule has 1 aliphatic rings. The van der Waals surface area contributed by atoms with Crippen LogP contribution in [-0.2, 0) is 10.8 Å². The molecule has 0 radical (unpaired) electrons. The number of hydrogen-bond donors (Lipinski definition) is 0. The first-order chi connectivity index (χ1) is 14.7. The van der Waals surface area contributed by atoms with Crippen LogP contribution in [0.4, 0.5) is 17.6 Å². The van der Waals surface area contributed by atoms with Crippen LogP contribution in [0.5, 0.6) is 0 Å². The van der Waals surface area contributed by atoms with E-state index in [2.05, 4.69) is 6.92 Å². The number of benzene rings is 2. The minimum Gasteiger partial charge on any atom is -0.309 e. The monoisotopic (exact) mass is 433 g/mol. The summed E-state index contributed by atoms with van der Waals surface area (Å²) >= 11 is 0. The smallest absolute Gasteiger partial charge is 0.309 e. The lowest BCUT2D eigenvalue weighted by Gasteiger charge is -2.29. The van der Waals surface area contributed by atoms with Crippen LogP contribution in [0.1, 0.15) is 86.6 Å². The number of alkyl halides is 2. The van der Waals surface area contributed by atoms with Crippen molar-refractivity contribution in [3.8, 4) is 6.07 Å². The molecule has 1 saturated carbocycles. The molecule has 6 heteroatoms. The summed E-state index contributed by atoms with van der Waals surface area (Å²) in [6.07, 6.45) is 0.597. The predicted molar refractivity (Wildman–Crippen MR) is 111 cm³/mol. The predicted octanol–water partition coefficient (Wildman–Crippen LogP) is 7.74. The number of ether oxygens (including phenoxy) is 1. The number of nitriles is 1. The molecule has 0 N–H and O–H groups in total. The van der Waals surface area contributed by atoms with Gasteiger partial charge < -0.3 is 4.74 Å². The molecule has 0 amide bonds. The summed E-state index contributed by atoms with van der Waals surface area (Å²) < 4.78 is 63.6. The van der Waals surface area contributed by atoms with Gasteiger partial charge in [0, 0.05) is 0 Å². The van der Waals surface area contributed by atoms with Crippen LogP contribution in [0, 0.1) is 28.9 Å². The third-order valence-electron chi connectivity index (χ3n) is 6.20. The number of halogens is 4. The molecule has 1 unspecified atom stereocenters. The highest BCUT2D eigenvalue weighted by atomic mass is 19.3. The Labute approximate surface area is 180 Å². The largest absolute Gasteiger partial charge is 0.389 e. The van der Waals surface area contributed by atoms with Crippen molar-refractivity contribution < 1.29 is 22.3 Å². The van der Waals surface area contributed by atoms with E-state index in [1.165, 1.54) is 31.2 Å². The summed E-state index contributed by atoms with van der Waals surface area (Å²) in [5.41, 5.74) is -0.180. The number of rotatable bonds is 7. The Kier molecular flexibility index (Phi) is 7.38. The molecule has 2 nitrogen and oxygen atoms in total. The molecule has 1 aliphatic carbocycles. The molecule has 0 aliphatic heterocycles. The van der Waals surface area contributed by atoms with Gasteiger partial charge >= 0.3 is 6.11 Å². The minimum atomic E-state index is -4.14. The summed E-state index contributed by atoms with van der Waals surface area (Å²) in [6, 6.07) is 9.90. The van der Waals surface area contributed by atoms with Crippen LogP contribution in [-0.4, -0.2) is 0 Å². The molecular weight excluding hydrogens is 406 g/mol. The lowest BCUT2D eigenvalue weighted by Crippen LogP contribution is -2.24. The van der Waals surface area contributed by atoms with E-state index in [0.29, 0.717) is 22.6 Å². The van der Waals surface area contributed by atoms with Crippen molar-refractivity contribution in [3.05, 3.63) is 70.3 Å². The summed E-state index contributed by atoms with van der Waals surface area (Å²) in [7, 11) is 0. The van der Waals surface area contributed by atoms with Crippen LogP contribution in [0.2, 0.25) is 0 Å². The van der Waals surface area contributed by atoms with Crippen LogP contribution < -0.4 is 0 Å². The first-order valence-corrected chi connectivity index (χ1v) is 10.8. The van der Waals surface area contributed by atoms with Crippen LogP contribution in [0.3, 0.4) is 0 Å². The topological polar surface area (TPSA) is 33.0 Å². The zero-order valence-corrected chi connectivity index (χ0v) is 17.8. The fraction of sp³-hybridized carbons (Fsp3) is 0.480. The average Bonchev–Trinajstić information content (AvgIpc) is 2.73. The Hall–Kier alpha value is -2.39. The highest BCUT2D eigenvalue weighted by Crippen LogP contribution is 2.42. The van der Waals surface area contributed by atoms with Gasteiger partial charge in [0.05, 0.1) is 17.7 Å². The Morgan fingerprint density at radius 3 is 2.16 bits per heavy atom. The average molecular weight is 433 g/mol. The highest BCUT2D eigenvalue weighted by Gasteiger charge is 2.41. The Bertz CT molecular complexity index is 905. The summed E-state index contributed by atoms with van der Waals surface area (Å²) in [6.45, 7) is 3.51. The van der Waals surface area contributed by atoms with Gasteiger partial charge in [-0.2, -0.15) is 14.0 Å². The van der Waals surface area contributed by atoms with E-state index in [-0.39, 0.29) is 5.92 Å². The molecule has 2 aromatic carbocycles. The van der Waals surface area contributed by atoms with Gasteiger partial charge in [0.25, 0.3) is 0 Å². The first kappa shape index (κ1) is 23.3. The van der Waals surface area contributed by atoms with Gasteiger partial charge in [0.2, 0.25) is 0 Å². The molecule has 0 saturated heterocycles. The van der Waals surface area contributed by atoms with Gasteiger partial charge in [-0.1, -0.05) is 31.9 Å². The van der Waals surface area contributed by atoms with E-state index >= 15 is 0 Å². The maximum atomic E-state index is 14.7. The van der Waals surface area contributed by atoms with Gasteiger partial charge in [-0.3, -0.25) is 0 Å². The van der Waals surface area contributed by atoms with Gasteiger partial charge in [-0.15, -0.1) is 0 Å². The molecule has 0 bridgehead atoms. The maximum Gasteiger partial charge on any atom is 0.389 e. The Morgan fingerprint density at radius 1 is 1.06 bits per heavy atom. The summed E-state index contributed by atoms with van der Waals surface area (Å²) in [5.74, 6) is -1.96. The fourth-order valence-corrected chi connectivity index (χ4v) is 4.48. The van der Waals surface area contributed by atoms with Crippen molar-refractivity contribution in [2.24, 2.45) is 5.92 Å². The molecule has 166 valence electrons. The van der Waals surface area contributed by atoms with Crippen molar-refractivity contribution in [1.82, 2.24) is 0 Å². The van der Waals surface area contributed by atoms with Crippen LogP contribution in [0.25, 0.3) is 0 Å². The molecule has 3 rings (SSSR count). The molecule has 0 aromatic heterocycles. The van der Waals surface area contributed by atoms with E-state index in [1.807, 2.05) is 6.07 Å². The lowest BCUT2D eigenvalue weighted by atomic mass is 9.77. The maximum absolute atomic E-state index is 14.7. The lowest BCUT2D eigenvalue weighted by molar-refractivity contribution is -0.275. The minimum absolute atomic E-state index is 0.0155. The van der Waals surface area contributed by atoms with Gasteiger partial charge in [-0.05, 0) is 79.8 Å². The van der Waals surface area contributed by atoms with Crippen molar-refractivity contribution in [2.75, 3.05) is 0 Å². The van der Waals surface area contributed by atoms with E-state index in [9.17, 15) is 17.6 Å². The molecule has 0 spiro atoms. The second-order valence-electron chi connectivity index (χ2n) is 8.38. The number of hydrogen-bond acceptors (Lipinski definition) is 2. The highest BCUT2D eigenvalue weighted by molar-refractivity contribution is 5.33. The van der Waals surface area contributed by atoms with E-state index in [0.717, 1.165) is 50.7 Å². The van der Waals surface area contributed by atoms with Gasteiger partial charge in [0.1, 0.15) is 17.2 Å². The zero-order chi connectivity index (χ0) is 22.6. The van der Waals surface area contributed by atoms with Crippen LogP contribution in [0.15, 0.2) is 36.4 Å². The molecule has 31 heavy (non-hydrogen) atoms. The fourth-order valence-electron chi connectivity index (χ4n) is 4.48. The zero-order valence-electron chi connectivity index (χ0n) is 17.8. The second kappa shape index (κ2) is 9.82. The molecule has 2 aromatic rings. The standard InChI is InChI=1S/C25H27F4NO/c1-3-4-17-5-11-20(12-6-17)21-13-22(26)24(23(27)14-21)25(28,29)31-16(2)19-9-7-18(15-30)8-10-19/h7-10,13-14,16-17,20H,3-6,11-12H2,1-2H3. The summed E-state index contributed by atoms with van der Waals surface area (Å²) in [4.78, 5) is 0. The normalized spacial score (nSPS) is 20.3. The second-order valence-corrected chi connectivity index (χ2v) is 8.38. The van der Waals surface area contributed by atoms with Gasteiger partial charge in [-0.25, -0.2) is 8.78 Å². The number of nitrogens with zero attached hydrogens (tertiary/aromatic N) is 1. The van der Waals surface area contributed by atoms with E-state index in [4.69, 9.17) is 10.00 Å². The third-order valence-corrected chi connectivity index (χ3v) is 6.20. The third kappa shape index (κ3) is 5.46. The summed E-state index contributed by atoms with van der Waals surface area (Å²) in [5, 5.41) is 8.83. The molecule has 1 fully saturated rings.